The van der Waals surface area contributed by atoms with Crippen LogP contribution in [0, 0.1) is 6.92 Å². The van der Waals surface area contributed by atoms with Gasteiger partial charge in [0.15, 0.2) is 0 Å². The number of ether oxygens (including phenoxy) is 1. The van der Waals surface area contributed by atoms with E-state index in [0.717, 1.165) is 11.3 Å². The standard InChI is InChI=1S/C15H18N2O2/c1-10(2)19-15-16-13(11(3)14(18)17-15)9-12-7-5-4-6-8-12/h4-8,10H,9H2,1-3H3,(H,16,17,18). The molecule has 19 heavy (non-hydrogen) atoms. The van der Waals surface area contributed by atoms with Gasteiger partial charge in [0.25, 0.3) is 11.6 Å². The first kappa shape index (κ1) is 13.3. The molecule has 100 valence electrons. The van der Waals surface area contributed by atoms with E-state index in [1.807, 2.05) is 44.2 Å². The summed E-state index contributed by atoms with van der Waals surface area (Å²) in [5, 5.41) is 0. The number of nitrogens with zero attached hydrogens (tertiary/aromatic N) is 1. The minimum absolute atomic E-state index is 0.0181. The van der Waals surface area contributed by atoms with Crippen molar-refractivity contribution >= 4 is 0 Å². The van der Waals surface area contributed by atoms with Crippen molar-refractivity contribution in [3.63, 3.8) is 0 Å². The lowest BCUT2D eigenvalue weighted by molar-refractivity contribution is 0.220. The van der Waals surface area contributed by atoms with Gasteiger partial charge in [0.2, 0.25) is 0 Å². The molecule has 4 heteroatoms. The highest BCUT2D eigenvalue weighted by atomic mass is 16.5. The van der Waals surface area contributed by atoms with Crippen LogP contribution in [0.3, 0.4) is 0 Å². The van der Waals surface area contributed by atoms with Crippen LogP contribution in [-0.4, -0.2) is 16.1 Å². The third-order valence-corrected chi connectivity index (χ3v) is 2.79. The molecule has 0 saturated carbocycles. The highest BCUT2D eigenvalue weighted by Gasteiger charge is 2.10. The van der Waals surface area contributed by atoms with Crippen molar-refractivity contribution in [3.05, 3.63) is 57.5 Å². The van der Waals surface area contributed by atoms with Gasteiger partial charge in [0.05, 0.1) is 11.8 Å². The van der Waals surface area contributed by atoms with E-state index >= 15 is 0 Å². The Kier molecular flexibility index (Phi) is 4.00. The first-order chi connectivity index (χ1) is 9.06. The zero-order chi connectivity index (χ0) is 13.8. The average molecular weight is 258 g/mol. The third-order valence-electron chi connectivity index (χ3n) is 2.79. The maximum Gasteiger partial charge on any atom is 0.296 e. The molecule has 0 aliphatic heterocycles. The van der Waals surface area contributed by atoms with Gasteiger partial charge in [-0.3, -0.25) is 9.78 Å². The topological polar surface area (TPSA) is 55.0 Å². The van der Waals surface area contributed by atoms with Crippen LogP contribution >= 0.6 is 0 Å². The lowest BCUT2D eigenvalue weighted by Gasteiger charge is -2.11. The molecular weight excluding hydrogens is 240 g/mol. The van der Waals surface area contributed by atoms with E-state index in [-0.39, 0.29) is 17.7 Å². The molecule has 0 aliphatic carbocycles. The largest absolute Gasteiger partial charge is 0.462 e. The van der Waals surface area contributed by atoms with Gasteiger partial charge in [-0.1, -0.05) is 30.3 Å². The van der Waals surface area contributed by atoms with Crippen molar-refractivity contribution in [2.45, 2.75) is 33.3 Å². The fourth-order valence-electron chi connectivity index (χ4n) is 1.80. The normalized spacial score (nSPS) is 10.7. The molecule has 0 aliphatic rings. The molecule has 0 bridgehead atoms. The summed E-state index contributed by atoms with van der Waals surface area (Å²) < 4.78 is 5.46. The average Bonchev–Trinajstić information content (AvgIpc) is 2.36. The Balaban J connectivity index is 2.34. The van der Waals surface area contributed by atoms with Crippen LogP contribution in [0.15, 0.2) is 35.1 Å². The van der Waals surface area contributed by atoms with Crippen molar-refractivity contribution in [1.29, 1.82) is 0 Å². The van der Waals surface area contributed by atoms with Crippen LogP contribution in [0.5, 0.6) is 6.01 Å². The molecule has 2 rings (SSSR count). The molecule has 1 heterocycles. The molecule has 0 atom stereocenters. The Labute approximate surface area is 112 Å². The zero-order valence-electron chi connectivity index (χ0n) is 11.4. The number of benzene rings is 1. The summed E-state index contributed by atoms with van der Waals surface area (Å²) in [7, 11) is 0. The van der Waals surface area contributed by atoms with Crippen molar-refractivity contribution in [2.75, 3.05) is 0 Å². The Bertz CT molecular complexity index is 603. The van der Waals surface area contributed by atoms with Crippen molar-refractivity contribution in [2.24, 2.45) is 0 Å². The van der Waals surface area contributed by atoms with Crippen molar-refractivity contribution in [3.8, 4) is 6.01 Å². The van der Waals surface area contributed by atoms with E-state index in [1.165, 1.54) is 0 Å². The summed E-state index contributed by atoms with van der Waals surface area (Å²) in [5.41, 5.74) is 2.38. The molecule has 4 nitrogen and oxygen atoms in total. The highest BCUT2D eigenvalue weighted by Crippen LogP contribution is 2.12. The second kappa shape index (κ2) is 5.69. The Morgan fingerprint density at radius 1 is 1.26 bits per heavy atom. The van der Waals surface area contributed by atoms with Gasteiger partial charge in [-0.05, 0) is 26.3 Å². The summed E-state index contributed by atoms with van der Waals surface area (Å²) in [6.07, 6.45) is 0.612. The quantitative estimate of drug-likeness (QED) is 0.916. The van der Waals surface area contributed by atoms with E-state index in [9.17, 15) is 4.79 Å². The van der Waals surface area contributed by atoms with Gasteiger partial charge in [0.1, 0.15) is 0 Å². The minimum Gasteiger partial charge on any atom is -0.462 e. The van der Waals surface area contributed by atoms with Gasteiger partial charge in [-0.15, -0.1) is 0 Å². The first-order valence-electron chi connectivity index (χ1n) is 6.36. The Morgan fingerprint density at radius 3 is 2.58 bits per heavy atom. The molecule has 0 fully saturated rings. The van der Waals surface area contributed by atoms with Gasteiger partial charge >= 0.3 is 0 Å². The third kappa shape index (κ3) is 3.44. The second-order valence-electron chi connectivity index (χ2n) is 4.77. The predicted molar refractivity (Wildman–Crippen MR) is 74.6 cm³/mol. The van der Waals surface area contributed by atoms with Crippen LogP contribution in [0.2, 0.25) is 0 Å². The molecule has 1 aromatic carbocycles. The van der Waals surface area contributed by atoms with Crippen LogP contribution in [0.1, 0.15) is 30.7 Å². The Hall–Kier alpha value is -2.10. The maximum atomic E-state index is 11.9. The van der Waals surface area contributed by atoms with E-state index in [0.29, 0.717) is 12.0 Å². The van der Waals surface area contributed by atoms with Crippen LogP contribution in [-0.2, 0) is 6.42 Å². The molecule has 0 radical (unpaired) electrons. The monoisotopic (exact) mass is 258 g/mol. The number of H-pyrrole nitrogens is 1. The van der Waals surface area contributed by atoms with E-state index in [2.05, 4.69) is 9.97 Å². The number of hydrogen-bond acceptors (Lipinski definition) is 3. The predicted octanol–water partition coefficient (Wildman–Crippen LogP) is 2.46. The molecule has 0 saturated heterocycles. The lowest BCUT2D eigenvalue weighted by atomic mass is 10.1. The molecule has 0 spiro atoms. The number of nitrogens with one attached hydrogen (secondary N) is 1. The summed E-state index contributed by atoms with van der Waals surface area (Å²) in [5.74, 6) is 0. The van der Waals surface area contributed by atoms with Gasteiger partial charge in [-0.2, -0.15) is 0 Å². The zero-order valence-corrected chi connectivity index (χ0v) is 11.4. The summed E-state index contributed by atoms with van der Waals surface area (Å²) >= 11 is 0. The van der Waals surface area contributed by atoms with Crippen molar-refractivity contribution < 1.29 is 4.74 Å². The summed E-state index contributed by atoms with van der Waals surface area (Å²) in [6.45, 7) is 5.58. The Morgan fingerprint density at radius 2 is 1.95 bits per heavy atom. The number of aromatic amines is 1. The summed E-state index contributed by atoms with van der Waals surface area (Å²) in [4.78, 5) is 18.9. The van der Waals surface area contributed by atoms with E-state index < -0.39 is 0 Å². The number of hydrogen-bond donors (Lipinski definition) is 1. The maximum absolute atomic E-state index is 11.9. The smallest absolute Gasteiger partial charge is 0.296 e. The molecule has 1 aromatic heterocycles. The highest BCUT2D eigenvalue weighted by molar-refractivity contribution is 5.26. The lowest BCUT2D eigenvalue weighted by Crippen LogP contribution is -2.19. The number of rotatable bonds is 4. The fraction of sp³-hybridized carbons (Fsp3) is 0.333. The van der Waals surface area contributed by atoms with Crippen molar-refractivity contribution in [1.82, 2.24) is 9.97 Å². The van der Waals surface area contributed by atoms with E-state index in [1.54, 1.807) is 6.92 Å². The molecule has 0 amide bonds. The molecule has 0 unspecified atom stereocenters. The van der Waals surface area contributed by atoms with Crippen LogP contribution in [0.25, 0.3) is 0 Å². The molecule has 1 N–H and O–H groups in total. The SMILES string of the molecule is Cc1c(Cc2ccccc2)nc(OC(C)C)[nH]c1=O. The number of aromatic nitrogens is 2. The molecule has 2 aromatic rings. The minimum atomic E-state index is -0.142. The fourth-order valence-corrected chi connectivity index (χ4v) is 1.80. The van der Waals surface area contributed by atoms with E-state index in [4.69, 9.17) is 4.74 Å². The van der Waals surface area contributed by atoms with Crippen LogP contribution < -0.4 is 10.3 Å². The van der Waals surface area contributed by atoms with Gasteiger partial charge in [-0.25, -0.2) is 4.98 Å². The second-order valence-corrected chi connectivity index (χ2v) is 4.77. The van der Waals surface area contributed by atoms with Gasteiger partial charge in [0, 0.05) is 12.0 Å². The first-order valence-corrected chi connectivity index (χ1v) is 6.36. The van der Waals surface area contributed by atoms with Gasteiger partial charge < -0.3 is 4.74 Å². The molecular formula is C15H18N2O2. The summed E-state index contributed by atoms with van der Waals surface area (Å²) in [6, 6.07) is 10.2. The van der Waals surface area contributed by atoms with Crippen LogP contribution in [0.4, 0.5) is 0 Å².